The quantitative estimate of drug-likeness (QED) is 0.847. The number of rotatable bonds is 4. The van der Waals surface area contributed by atoms with E-state index in [-0.39, 0.29) is 41.4 Å². The molecule has 2 aromatic carbocycles. The highest BCUT2D eigenvalue weighted by Crippen LogP contribution is 2.28. The molecule has 3 rings (SSSR count). The Labute approximate surface area is 158 Å². The number of nitrogens with one attached hydrogen (secondary N) is 1. The summed E-state index contributed by atoms with van der Waals surface area (Å²) in [7, 11) is 0. The number of hydrogen-bond donors (Lipinski definition) is 1. The van der Waals surface area contributed by atoms with E-state index < -0.39 is 17.6 Å². The van der Waals surface area contributed by atoms with Gasteiger partial charge in [-0.05, 0) is 35.9 Å². The van der Waals surface area contributed by atoms with Crippen LogP contribution in [0.1, 0.15) is 12.0 Å². The summed E-state index contributed by atoms with van der Waals surface area (Å²) in [5, 5.41) is 2.61. The number of amides is 2. The number of benzene rings is 2. The van der Waals surface area contributed by atoms with Crippen LogP contribution in [0.25, 0.3) is 0 Å². The Balaban J connectivity index is 1.63. The van der Waals surface area contributed by atoms with Crippen molar-refractivity contribution in [2.75, 3.05) is 11.4 Å². The van der Waals surface area contributed by atoms with E-state index in [1.165, 1.54) is 41.3 Å². The van der Waals surface area contributed by atoms with Gasteiger partial charge in [0.05, 0.1) is 16.0 Å². The normalized spacial score (nSPS) is 16.8. The summed E-state index contributed by atoms with van der Waals surface area (Å²) in [5.41, 5.74) is 1.10. The first kappa shape index (κ1) is 18.6. The second kappa shape index (κ2) is 7.60. The molecule has 0 bridgehead atoms. The SMILES string of the molecule is O=C(NCc1ccc(F)c(Cl)c1)C1CC(=O)N(c2ccc(F)c(Cl)c2)C1. The van der Waals surface area contributed by atoms with E-state index in [2.05, 4.69) is 5.32 Å². The summed E-state index contributed by atoms with van der Waals surface area (Å²) in [5.74, 6) is -2.18. The van der Waals surface area contributed by atoms with Crippen molar-refractivity contribution in [3.8, 4) is 0 Å². The number of carbonyl (C=O) groups is 2. The van der Waals surface area contributed by atoms with E-state index >= 15 is 0 Å². The number of nitrogens with zero attached hydrogens (tertiary/aromatic N) is 1. The summed E-state index contributed by atoms with van der Waals surface area (Å²) >= 11 is 11.5. The molecule has 4 nitrogen and oxygen atoms in total. The standard InChI is InChI=1S/C18H14Cl2F2N2O2/c19-13-5-10(1-3-15(13)21)8-23-18(26)11-6-17(25)24(9-11)12-2-4-16(22)14(20)7-12/h1-5,7,11H,6,8-9H2,(H,23,26). The maximum Gasteiger partial charge on any atom is 0.227 e. The van der Waals surface area contributed by atoms with Crippen molar-refractivity contribution in [2.45, 2.75) is 13.0 Å². The molecular weight excluding hydrogens is 385 g/mol. The average Bonchev–Trinajstić information content (AvgIpc) is 3.00. The average molecular weight is 399 g/mol. The molecule has 2 aromatic rings. The molecule has 0 radical (unpaired) electrons. The van der Waals surface area contributed by atoms with Crippen LogP contribution in [-0.4, -0.2) is 18.4 Å². The number of anilines is 1. The maximum atomic E-state index is 13.3. The van der Waals surface area contributed by atoms with Gasteiger partial charge < -0.3 is 10.2 Å². The fraction of sp³-hybridized carbons (Fsp3) is 0.222. The van der Waals surface area contributed by atoms with Crippen molar-refractivity contribution in [3.05, 3.63) is 63.6 Å². The van der Waals surface area contributed by atoms with Crippen molar-refractivity contribution >= 4 is 40.7 Å². The molecule has 1 saturated heterocycles. The van der Waals surface area contributed by atoms with Crippen LogP contribution >= 0.6 is 23.2 Å². The second-order valence-corrected chi connectivity index (χ2v) is 6.78. The van der Waals surface area contributed by atoms with E-state index in [0.717, 1.165) is 0 Å². The zero-order chi connectivity index (χ0) is 18.8. The maximum absolute atomic E-state index is 13.3. The van der Waals surface area contributed by atoms with Crippen LogP contribution in [0.4, 0.5) is 14.5 Å². The van der Waals surface area contributed by atoms with Crippen molar-refractivity contribution in [1.29, 1.82) is 0 Å². The molecule has 1 N–H and O–H groups in total. The minimum absolute atomic E-state index is 0.0212. The van der Waals surface area contributed by atoms with Crippen LogP contribution in [0.2, 0.25) is 10.0 Å². The smallest absolute Gasteiger partial charge is 0.227 e. The van der Waals surface area contributed by atoms with Gasteiger partial charge in [0.15, 0.2) is 0 Å². The first-order valence-electron chi connectivity index (χ1n) is 7.82. The number of carbonyl (C=O) groups excluding carboxylic acids is 2. The first-order chi connectivity index (χ1) is 12.3. The topological polar surface area (TPSA) is 49.4 Å². The monoisotopic (exact) mass is 398 g/mol. The Morgan fingerprint density at radius 2 is 1.77 bits per heavy atom. The summed E-state index contributed by atoms with van der Waals surface area (Å²) < 4.78 is 26.4. The second-order valence-electron chi connectivity index (χ2n) is 5.97. The predicted molar refractivity (Wildman–Crippen MR) is 95.1 cm³/mol. The summed E-state index contributed by atoms with van der Waals surface area (Å²) in [4.78, 5) is 25.9. The molecule has 0 saturated carbocycles. The number of halogens is 4. The highest BCUT2D eigenvalue weighted by Gasteiger charge is 2.35. The molecule has 26 heavy (non-hydrogen) atoms. The van der Waals surface area contributed by atoms with E-state index in [9.17, 15) is 18.4 Å². The lowest BCUT2D eigenvalue weighted by molar-refractivity contribution is -0.126. The van der Waals surface area contributed by atoms with Gasteiger partial charge in [-0.15, -0.1) is 0 Å². The van der Waals surface area contributed by atoms with Crippen LogP contribution < -0.4 is 10.2 Å². The Bertz CT molecular complexity index is 876. The summed E-state index contributed by atoms with van der Waals surface area (Å²) in [6.45, 7) is 0.350. The van der Waals surface area contributed by atoms with Crippen molar-refractivity contribution < 1.29 is 18.4 Å². The van der Waals surface area contributed by atoms with Gasteiger partial charge in [-0.3, -0.25) is 9.59 Å². The third-order valence-electron chi connectivity index (χ3n) is 4.16. The number of hydrogen-bond acceptors (Lipinski definition) is 2. The molecule has 0 aromatic heterocycles. The molecule has 1 aliphatic rings. The van der Waals surface area contributed by atoms with Gasteiger partial charge in [-0.25, -0.2) is 8.78 Å². The molecule has 1 heterocycles. The molecule has 1 fully saturated rings. The molecule has 0 spiro atoms. The molecular formula is C18H14Cl2F2N2O2. The minimum Gasteiger partial charge on any atom is -0.352 e. The third-order valence-corrected chi connectivity index (χ3v) is 4.74. The van der Waals surface area contributed by atoms with Crippen LogP contribution in [0.5, 0.6) is 0 Å². The largest absolute Gasteiger partial charge is 0.352 e. The van der Waals surface area contributed by atoms with Crippen molar-refractivity contribution in [3.63, 3.8) is 0 Å². The van der Waals surface area contributed by atoms with E-state index in [4.69, 9.17) is 23.2 Å². The van der Waals surface area contributed by atoms with Gasteiger partial charge in [-0.2, -0.15) is 0 Å². The zero-order valence-electron chi connectivity index (χ0n) is 13.4. The van der Waals surface area contributed by atoms with Gasteiger partial charge in [0.1, 0.15) is 11.6 Å². The third kappa shape index (κ3) is 3.97. The lowest BCUT2D eigenvalue weighted by Crippen LogP contribution is -2.32. The fourth-order valence-electron chi connectivity index (χ4n) is 2.77. The highest BCUT2D eigenvalue weighted by molar-refractivity contribution is 6.31. The van der Waals surface area contributed by atoms with E-state index in [1.54, 1.807) is 0 Å². The first-order valence-corrected chi connectivity index (χ1v) is 8.58. The van der Waals surface area contributed by atoms with E-state index in [1.807, 2.05) is 0 Å². The lowest BCUT2D eigenvalue weighted by Gasteiger charge is -2.17. The van der Waals surface area contributed by atoms with Crippen LogP contribution in [0.3, 0.4) is 0 Å². The zero-order valence-corrected chi connectivity index (χ0v) is 15.0. The van der Waals surface area contributed by atoms with Crippen molar-refractivity contribution in [1.82, 2.24) is 5.32 Å². The van der Waals surface area contributed by atoms with Crippen molar-refractivity contribution in [2.24, 2.45) is 5.92 Å². The molecule has 1 unspecified atom stereocenters. The minimum atomic E-state index is -0.575. The molecule has 1 aliphatic heterocycles. The van der Waals surface area contributed by atoms with Crippen LogP contribution in [-0.2, 0) is 16.1 Å². The lowest BCUT2D eigenvalue weighted by atomic mass is 10.1. The fourth-order valence-corrected chi connectivity index (χ4v) is 3.15. The van der Waals surface area contributed by atoms with Gasteiger partial charge in [0, 0.05) is 25.2 Å². The van der Waals surface area contributed by atoms with E-state index in [0.29, 0.717) is 11.3 Å². The van der Waals surface area contributed by atoms with Gasteiger partial charge >= 0.3 is 0 Å². The Hall–Kier alpha value is -2.18. The van der Waals surface area contributed by atoms with Gasteiger partial charge in [0.25, 0.3) is 0 Å². The molecule has 2 amide bonds. The Morgan fingerprint density at radius 3 is 2.42 bits per heavy atom. The van der Waals surface area contributed by atoms with Crippen LogP contribution in [0.15, 0.2) is 36.4 Å². The molecule has 8 heteroatoms. The van der Waals surface area contributed by atoms with Gasteiger partial charge in [-0.1, -0.05) is 29.3 Å². The Kier molecular flexibility index (Phi) is 5.44. The Morgan fingerprint density at radius 1 is 1.12 bits per heavy atom. The summed E-state index contributed by atoms with van der Waals surface area (Å²) in [6, 6.07) is 8.16. The van der Waals surface area contributed by atoms with Gasteiger partial charge in [0.2, 0.25) is 11.8 Å². The molecule has 1 atom stereocenters. The molecule has 0 aliphatic carbocycles. The predicted octanol–water partition coefficient (Wildman–Crippen LogP) is 3.94. The summed E-state index contributed by atoms with van der Waals surface area (Å²) in [6.07, 6.45) is 0.0466. The molecule has 136 valence electrons. The van der Waals surface area contributed by atoms with Crippen LogP contribution in [0, 0.1) is 17.6 Å². The highest BCUT2D eigenvalue weighted by atomic mass is 35.5.